The van der Waals surface area contributed by atoms with E-state index in [1.54, 1.807) is 0 Å². The van der Waals surface area contributed by atoms with Crippen LogP contribution in [0.3, 0.4) is 0 Å². The fraction of sp³-hybridized carbons (Fsp3) is 0.188. The molecule has 3 rings (SSSR count). The Labute approximate surface area is 117 Å². The molecule has 0 aliphatic carbocycles. The molecule has 0 spiro atoms. The highest BCUT2D eigenvalue weighted by molar-refractivity contribution is 5.76. The van der Waals surface area contributed by atoms with Gasteiger partial charge in [0, 0.05) is 18.2 Å². The number of rotatable bonds is 4. The predicted molar refractivity (Wildman–Crippen MR) is 81.0 cm³/mol. The summed E-state index contributed by atoms with van der Waals surface area (Å²) < 4.78 is 5.81. The molecule has 0 fully saturated rings. The summed E-state index contributed by atoms with van der Waals surface area (Å²) in [5.74, 6) is 2.58. The summed E-state index contributed by atoms with van der Waals surface area (Å²) in [7, 11) is 0. The largest absolute Gasteiger partial charge is 0.457 e. The van der Waals surface area contributed by atoms with Crippen LogP contribution in [0, 0.1) is 0 Å². The van der Waals surface area contributed by atoms with Crippen molar-refractivity contribution >= 4 is 16.7 Å². The second-order valence-corrected chi connectivity index (χ2v) is 4.78. The van der Waals surface area contributed by atoms with Crippen molar-refractivity contribution in [2.75, 3.05) is 5.73 Å². The molecule has 1 heterocycles. The summed E-state index contributed by atoms with van der Waals surface area (Å²) in [5.41, 5.74) is 8.36. The third-order valence-corrected chi connectivity index (χ3v) is 3.10. The van der Waals surface area contributed by atoms with Crippen molar-refractivity contribution in [1.82, 2.24) is 9.97 Å². The first-order chi connectivity index (χ1) is 9.74. The summed E-state index contributed by atoms with van der Waals surface area (Å²) >= 11 is 0. The Morgan fingerprint density at radius 3 is 2.60 bits per heavy atom. The van der Waals surface area contributed by atoms with Crippen LogP contribution in [0.4, 0.5) is 5.69 Å². The van der Waals surface area contributed by atoms with Gasteiger partial charge in [-0.2, -0.15) is 0 Å². The Bertz CT molecular complexity index is 716. The number of aromatic nitrogens is 2. The number of nitrogens with zero attached hydrogens (tertiary/aromatic N) is 1. The van der Waals surface area contributed by atoms with Gasteiger partial charge < -0.3 is 15.5 Å². The third-order valence-electron chi connectivity index (χ3n) is 3.10. The normalized spacial score (nSPS) is 10.8. The number of aryl methyl sites for hydroxylation is 1. The van der Waals surface area contributed by atoms with Gasteiger partial charge in [0.05, 0.1) is 11.0 Å². The van der Waals surface area contributed by atoms with Crippen LogP contribution >= 0.6 is 0 Å². The number of H-pyrrole nitrogens is 1. The number of anilines is 1. The van der Waals surface area contributed by atoms with Gasteiger partial charge in [-0.3, -0.25) is 0 Å². The smallest absolute Gasteiger partial charge is 0.129 e. The molecule has 3 N–H and O–H groups in total. The van der Waals surface area contributed by atoms with Crippen LogP contribution in [0.1, 0.15) is 19.2 Å². The number of nitrogen functional groups attached to an aromatic ring is 1. The SMILES string of the molecule is CCCc1nc2ccc(Oc3ccc(N)cc3)cc2[nH]1. The lowest BCUT2D eigenvalue weighted by molar-refractivity contribution is 0.483. The van der Waals surface area contributed by atoms with Gasteiger partial charge >= 0.3 is 0 Å². The average molecular weight is 267 g/mol. The molecule has 0 unspecified atom stereocenters. The number of aromatic amines is 1. The molecule has 4 heteroatoms. The number of imidazole rings is 1. The molecule has 0 bridgehead atoms. The van der Waals surface area contributed by atoms with E-state index in [1.165, 1.54) is 0 Å². The average Bonchev–Trinajstić information content (AvgIpc) is 2.83. The van der Waals surface area contributed by atoms with E-state index in [-0.39, 0.29) is 0 Å². The van der Waals surface area contributed by atoms with Gasteiger partial charge in [-0.25, -0.2) is 4.98 Å². The molecule has 0 amide bonds. The number of hydrogen-bond acceptors (Lipinski definition) is 3. The minimum atomic E-state index is 0.727. The van der Waals surface area contributed by atoms with Crippen LogP contribution in [0.5, 0.6) is 11.5 Å². The molecule has 4 nitrogen and oxygen atoms in total. The van der Waals surface area contributed by atoms with E-state index < -0.39 is 0 Å². The molecule has 0 radical (unpaired) electrons. The molecular weight excluding hydrogens is 250 g/mol. The predicted octanol–water partition coefficient (Wildman–Crippen LogP) is 3.89. The van der Waals surface area contributed by atoms with Crippen LogP contribution in [-0.4, -0.2) is 9.97 Å². The summed E-state index contributed by atoms with van der Waals surface area (Å²) in [6.07, 6.45) is 2.04. The fourth-order valence-electron chi connectivity index (χ4n) is 2.13. The Kier molecular flexibility index (Phi) is 3.29. The lowest BCUT2D eigenvalue weighted by Gasteiger charge is -2.05. The van der Waals surface area contributed by atoms with Gasteiger partial charge in [-0.1, -0.05) is 6.92 Å². The Morgan fingerprint density at radius 2 is 1.85 bits per heavy atom. The third kappa shape index (κ3) is 2.59. The highest BCUT2D eigenvalue weighted by Crippen LogP contribution is 2.25. The zero-order valence-electron chi connectivity index (χ0n) is 11.4. The number of hydrogen-bond donors (Lipinski definition) is 2. The minimum absolute atomic E-state index is 0.727. The molecule has 0 atom stereocenters. The van der Waals surface area contributed by atoms with Crippen LogP contribution in [-0.2, 0) is 6.42 Å². The van der Waals surface area contributed by atoms with E-state index in [2.05, 4.69) is 16.9 Å². The Balaban J connectivity index is 1.86. The minimum Gasteiger partial charge on any atom is -0.457 e. The molecule has 102 valence electrons. The highest BCUT2D eigenvalue weighted by Gasteiger charge is 2.04. The van der Waals surface area contributed by atoms with E-state index in [0.717, 1.165) is 46.9 Å². The van der Waals surface area contributed by atoms with Crippen molar-refractivity contribution in [3.05, 3.63) is 48.3 Å². The standard InChI is InChI=1S/C16H17N3O/c1-2-3-16-18-14-9-8-13(10-15(14)19-16)20-12-6-4-11(17)5-7-12/h4-10H,2-3,17H2,1H3,(H,18,19). The quantitative estimate of drug-likeness (QED) is 0.705. The van der Waals surface area contributed by atoms with Crippen LogP contribution in [0.2, 0.25) is 0 Å². The molecule has 0 aliphatic heterocycles. The lowest BCUT2D eigenvalue weighted by Crippen LogP contribution is -1.86. The molecule has 2 aromatic carbocycles. The van der Waals surface area contributed by atoms with Crippen molar-refractivity contribution in [3.63, 3.8) is 0 Å². The van der Waals surface area contributed by atoms with Gasteiger partial charge in [-0.15, -0.1) is 0 Å². The van der Waals surface area contributed by atoms with E-state index >= 15 is 0 Å². The second kappa shape index (κ2) is 5.25. The highest BCUT2D eigenvalue weighted by atomic mass is 16.5. The van der Waals surface area contributed by atoms with Crippen molar-refractivity contribution in [3.8, 4) is 11.5 Å². The maximum absolute atomic E-state index is 5.81. The molecule has 3 aromatic rings. The summed E-state index contributed by atoms with van der Waals surface area (Å²) in [6, 6.07) is 13.2. The maximum Gasteiger partial charge on any atom is 0.129 e. The zero-order valence-corrected chi connectivity index (χ0v) is 11.4. The molecule has 0 saturated heterocycles. The van der Waals surface area contributed by atoms with E-state index in [0.29, 0.717) is 0 Å². The first kappa shape index (κ1) is 12.5. The second-order valence-electron chi connectivity index (χ2n) is 4.78. The van der Waals surface area contributed by atoms with Crippen molar-refractivity contribution in [2.45, 2.75) is 19.8 Å². The topological polar surface area (TPSA) is 63.9 Å². The molecular formula is C16H17N3O. The number of benzene rings is 2. The Hall–Kier alpha value is -2.49. The van der Waals surface area contributed by atoms with Crippen molar-refractivity contribution in [2.24, 2.45) is 0 Å². The molecule has 1 aromatic heterocycles. The number of ether oxygens (including phenoxy) is 1. The van der Waals surface area contributed by atoms with E-state index in [4.69, 9.17) is 10.5 Å². The van der Waals surface area contributed by atoms with E-state index in [1.807, 2.05) is 42.5 Å². The van der Waals surface area contributed by atoms with Gasteiger partial charge in [0.2, 0.25) is 0 Å². The number of nitrogens with two attached hydrogens (primary N) is 1. The summed E-state index contributed by atoms with van der Waals surface area (Å²) in [6.45, 7) is 2.14. The first-order valence-electron chi connectivity index (χ1n) is 6.76. The maximum atomic E-state index is 5.81. The molecule has 0 aliphatic rings. The van der Waals surface area contributed by atoms with Crippen molar-refractivity contribution < 1.29 is 4.74 Å². The fourth-order valence-corrected chi connectivity index (χ4v) is 2.13. The van der Waals surface area contributed by atoms with Crippen LogP contribution in [0.15, 0.2) is 42.5 Å². The lowest BCUT2D eigenvalue weighted by atomic mass is 10.3. The van der Waals surface area contributed by atoms with Gasteiger partial charge in [0.15, 0.2) is 0 Å². The van der Waals surface area contributed by atoms with Gasteiger partial charge in [0.25, 0.3) is 0 Å². The molecule has 20 heavy (non-hydrogen) atoms. The first-order valence-corrected chi connectivity index (χ1v) is 6.76. The van der Waals surface area contributed by atoms with Crippen LogP contribution < -0.4 is 10.5 Å². The zero-order chi connectivity index (χ0) is 13.9. The van der Waals surface area contributed by atoms with Gasteiger partial charge in [-0.05, 0) is 42.8 Å². The van der Waals surface area contributed by atoms with Crippen molar-refractivity contribution in [1.29, 1.82) is 0 Å². The number of nitrogens with one attached hydrogen (secondary N) is 1. The molecule has 0 saturated carbocycles. The summed E-state index contributed by atoms with van der Waals surface area (Å²) in [5, 5.41) is 0. The van der Waals surface area contributed by atoms with E-state index in [9.17, 15) is 0 Å². The summed E-state index contributed by atoms with van der Waals surface area (Å²) in [4.78, 5) is 7.86. The monoisotopic (exact) mass is 267 g/mol. The van der Waals surface area contributed by atoms with Gasteiger partial charge in [0.1, 0.15) is 17.3 Å². The number of fused-ring (bicyclic) bond motifs is 1. The Morgan fingerprint density at radius 1 is 1.10 bits per heavy atom. The van der Waals surface area contributed by atoms with Crippen LogP contribution in [0.25, 0.3) is 11.0 Å².